The van der Waals surface area contributed by atoms with Gasteiger partial charge in [0, 0.05) is 6.04 Å². The Bertz CT molecular complexity index is 661. The van der Waals surface area contributed by atoms with Crippen molar-refractivity contribution >= 4 is 17.7 Å². The van der Waals surface area contributed by atoms with E-state index < -0.39 is 0 Å². The Morgan fingerprint density at radius 3 is 2.38 bits per heavy atom. The third kappa shape index (κ3) is 3.50. The molecule has 0 radical (unpaired) electrons. The van der Waals surface area contributed by atoms with E-state index in [1.807, 2.05) is 13.0 Å². The molecule has 3 rings (SSSR count). The molecule has 5 nitrogen and oxygen atoms in total. The molecular weight excluding hydrogens is 304 g/mol. The molecule has 5 heteroatoms. The lowest BCUT2D eigenvalue weighted by Crippen LogP contribution is -2.44. The normalized spacial score (nSPS) is 19.0. The fraction of sp³-hybridized carbons (Fsp3) is 0.526. The number of aryl methyl sites for hydroxylation is 1. The number of imide groups is 1. The Morgan fingerprint density at radius 2 is 1.67 bits per heavy atom. The van der Waals surface area contributed by atoms with E-state index in [1.54, 1.807) is 12.1 Å². The third-order valence-corrected chi connectivity index (χ3v) is 4.90. The molecule has 2 aliphatic rings. The lowest BCUT2D eigenvalue weighted by molar-refractivity contribution is -0.122. The van der Waals surface area contributed by atoms with Crippen LogP contribution in [0.5, 0.6) is 0 Å². The van der Waals surface area contributed by atoms with Crippen LogP contribution < -0.4 is 5.32 Å². The van der Waals surface area contributed by atoms with Gasteiger partial charge in [-0.05, 0) is 31.9 Å². The monoisotopic (exact) mass is 328 g/mol. The van der Waals surface area contributed by atoms with Crippen LogP contribution in [0.2, 0.25) is 0 Å². The van der Waals surface area contributed by atoms with Crippen molar-refractivity contribution in [2.24, 2.45) is 0 Å². The highest BCUT2D eigenvalue weighted by atomic mass is 16.2. The van der Waals surface area contributed by atoms with Gasteiger partial charge in [-0.2, -0.15) is 0 Å². The predicted molar refractivity (Wildman–Crippen MR) is 90.8 cm³/mol. The number of carbonyl (C=O) groups is 3. The van der Waals surface area contributed by atoms with Crippen molar-refractivity contribution in [2.45, 2.75) is 57.9 Å². The van der Waals surface area contributed by atoms with E-state index in [2.05, 4.69) is 5.32 Å². The van der Waals surface area contributed by atoms with Crippen LogP contribution in [0.4, 0.5) is 0 Å². The largest absolute Gasteiger partial charge is 0.352 e. The number of amides is 3. The molecule has 128 valence electrons. The molecule has 1 aliphatic carbocycles. The fourth-order valence-electron chi connectivity index (χ4n) is 3.57. The van der Waals surface area contributed by atoms with Crippen LogP contribution in [0.3, 0.4) is 0 Å². The van der Waals surface area contributed by atoms with Gasteiger partial charge in [0.25, 0.3) is 11.8 Å². The maximum absolute atomic E-state index is 12.4. The van der Waals surface area contributed by atoms with Crippen molar-refractivity contribution in [3.05, 3.63) is 34.9 Å². The molecule has 0 unspecified atom stereocenters. The van der Waals surface area contributed by atoms with Crippen LogP contribution in [-0.4, -0.2) is 35.2 Å². The summed E-state index contributed by atoms with van der Waals surface area (Å²) in [6.07, 6.45) is 7.90. The molecule has 0 atom stereocenters. The summed E-state index contributed by atoms with van der Waals surface area (Å²) < 4.78 is 0. The molecule has 1 saturated carbocycles. The van der Waals surface area contributed by atoms with Crippen LogP contribution in [0.25, 0.3) is 0 Å². The predicted octanol–water partition coefficient (Wildman–Crippen LogP) is 2.82. The Balaban J connectivity index is 1.62. The quantitative estimate of drug-likeness (QED) is 0.868. The van der Waals surface area contributed by atoms with Gasteiger partial charge < -0.3 is 5.32 Å². The minimum atomic E-state index is -0.372. The first-order chi connectivity index (χ1) is 11.6. The number of benzene rings is 1. The van der Waals surface area contributed by atoms with Gasteiger partial charge in [0.05, 0.1) is 11.1 Å². The number of hydrogen-bond acceptors (Lipinski definition) is 3. The molecule has 24 heavy (non-hydrogen) atoms. The minimum Gasteiger partial charge on any atom is -0.352 e. The Kier molecular flexibility index (Phi) is 4.97. The summed E-state index contributed by atoms with van der Waals surface area (Å²) in [4.78, 5) is 38.2. The van der Waals surface area contributed by atoms with Gasteiger partial charge in [-0.15, -0.1) is 0 Å². The van der Waals surface area contributed by atoms with E-state index in [0.29, 0.717) is 11.1 Å². The van der Waals surface area contributed by atoms with E-state index in [-0.39, 0.29) is 30.3 Å². The van der Waals surface area contributed by atoms with E-state index in [1.165, 1.54) is 19.3 Å². The first kappa shape index (κ1) is 16.7. The summed E-state index contributed by atoms with van der Waals surface area (Å²) in [5, 5.41) is 3.01. The summed E-state index contributed by atoms with van der Waals surface area (Å²) in [7, 11) is 0. The van der Waals surface area contributed by atoms with Crippen molar-refractivity contribution in [2.75, 3.05) is 6.54 Å². The lowest BCUT2D eigenvalue weighted by atomic mass is 9.97. The minimum absolute atomic E-state index is 0.162. The number of nitrogens with one attached hydrogen (secondary N) is 1. The van der Waals surface area contributed by atoms with Crippen LogP contribution in [0, 0.1) is 6.92 Å². The van der Waals surface area contributed by atoms with Gasteiger partial charge in [-0.3, -0.25) is 19.3 Å². The third-order valence-electron chi connectivity index (χ3n) is 4.90. The molecule has 0 saturated heterocycles. The SMILES string of the molecule is Cc1ccc2c(c1)C(=O)N(CC(=O)NC1CCCCCCC1)C2=O. The maximum atomic E-state index is 12.4. The lowest BCUT2D eigenvalue weighted by Gasteiger charge is -2.22. The summed E-state index contributed by atoms with van der Waals surface area (Å²) >= 11 is 0. The van der Waals surface area contributed by atoms with Crippen molar-refractivity contribution in [3.63, 3.8) is 0 Å². The second-order valence-electron chi connectivity index (χ2n) is 6.86. The Morgan fingerprint density at radius 1 is 1.04 bits per heavy atom. The van der Waals surface area contributed by atoms with E-state index >= 15 is 0 Å². The summed E-state index contributed by atoms with van der Waals surface area (Å²) in [5.74, 6) is -0.985. The zero-order valence-corrected chi connectivity index (χ0v) is 14.1. The van der Waals surface area contributed by atoms with E-state index in [0.717, 1.165) is 36.1 Å². The Hall–Kier alpha value is -2.17. The van der Waals surface area contributed by atoms with Crippen molar-refractivity contribution < 1.29 is 14.4 Å². The second-order valence-corrected chi connectivity index (χ2v) is 6.86. The highest BCUT2D eigenvalue weighted by Gasteiger charge is 2.36. The van der Waals surface area contributed by atoms with Crippen molar-refractivity contribution in [1.82, 2.24) is 10.2 Å². The summed E-state index contributed by atoms with van der Waals surface area (Å²) in [6, 6.07) is 5.34. The zero-order chi connectivity index (χ0) is 17.1. The zero-order valence-electron chi connectivity index (χ0n) is 14.1. The fourth-order valence-corrected chi connectivity index (χ4v) is 3.57. The molecular formula is C19H24N2O3. The van der Waals surface area contributed by atoms with Gasteiger partial charge in [0.1, 0.15) is 6.54 Å². The van der Waals surface area contributed by atoms with Gasteiger partial charge in [-0.1, -0.05) is 43.7 Å². The van der Waals surface area contributed by atoms with Crippen LogP contribution in [0.1, 0.15) is 71.2 Å². The molecule has 3 amide bonds. The second kappa shape index (κ2) is 7.16. The summed E-state index contributed by atoms with van der Waals surface area (Å²) in [5.41, 5.74) is 1.72. The smallest absolute Gasteiger partial charge is 0.262 e. The number of hydrogen-bond donors (Lipinski definition) is 1. The number of carbonyl (C=O) groups excluding carboxylic acids is 3. The number of nitrogens with zero attached hydrogens (tertiary/aromatic N) is 1. The topological polar surface area (TPSA) is 66.5 Å². The number of fused-ring (bicyclic) bond motifs is 1. The van der Waals surface area contributed by atoms with Gasteiger partial charge >= 0.3 is 0 Å². The molecule has 1 heterocycles. The first-order valence-corrected chi connectivity index (χ1v) is 8.82. The molecule has 1 N–H and O–H groups in total. The highest BCUT2D eigenvalue weighted by molar-refractivity contribution is 6.22. The average molecular weight is 328 g/mol. The maximum Gasteiger partial charge on any atom is 0.262 e. The standard InChI is InChI=1S/C19H24N2O3/c1-13-9-10-15-16(11-13)19(24)21(18(15)23)12-17(22)20-14-7-5-3-2-4-6-8-14/h9-11,14H,2-8,12H2,1H3,(H,20,22). The van der Waals surface area contributed by atoms with Crippen molar-refractivity contribution in [3.8, 4) is 0 Å². The Labute approximate surface area is 142 Å². The van der Waals surface area contributed by atoms with Crippen molar-refractivity contribution in [1.29, 1.82) is 0 Å². The highest BCUT2D eigenvalue weighted by Crippen LogP contribution is 2.23. The number of rotatable bonds is 3. The van der Waals surface area contributed by atoms with Crippen LogP contribution >= 0.6 is 0 Å². The molecule has 1 aromatic carbocycles. The molecule has 0 aromatic heterocycles. The van der Waals surface area contributed by atoms with Crippen LogP contribution in [-0.2, 0) is 4.79 Å². The summed E-state index contributed by atoms with van der Waals surface area (Å²) in [6.45, 7) is 1.68. The van der Waals surface area contributed by atoms with E-state index in [9.17, 15) is 14.4 Å². The van der Waals surface area contributed by atoms with Gasteiger partial charge in [0.2, 0.25) is 5.91 Å². The van der Waals surface area contributed by atoms with Crippen LogP contribution in [0.15, 0.2) is 18.2 Å². The molecule has 1 aliphatic heterocycles. The molecule has 1 fully saturated rings. The van der Waals surface area contributed by atoms with Gasteiger partial charge in [0.15, 0.2) is 0 Å². The first-order valence-electron chi connectivity index (χ1n) is 8.82. The molecule has 1 aromatic rings. The molecule has 0 bridgehead atoms. The van der Waals surface area contributed by atoms with Gasteiger partial charge in [-0.25, -0.2) is 0 Å². The molecule has 0 spiro atoms. The van der Waals surface area contributed by atoms with E-state index in [4.69, 9.17) is 0 Å². The average Bonchev–Trinajstić information content (AvgIpc) is 2.74.